The number of rotatable bonds is 6. The van der Waals surface area contributed by atoms with E-state index >= 15 is 0 Å². The zero-order valence-corrected chi connectivity index (χ0v) is 12.5. The summed E-state index contributed by atoms with van der Waals surface area (Å²) in [5.74, 6) is -0.258. The van der Waals surface area contributed by atoms with Crippen LogP contribution in [-0.2, 0) is 19.6 Å². The minimum absolute atomic E-state index is 0.126. The molecule has 0 radical (unpaired) electrons. The molecule has 1 aromatic carbocycles. The van der Waals surface area contributed by atoms with Crippen LogP contribution in [0.3, 0.4) is 0 Å². The van der Waals surface area contributed by atoms with Gasteiger partial charge < -0.3 is 14.6 Å². The molecule has 1 heterocycles. The standard InChI is InChI=1S/C14H20O6S/c15-12-6-4-11(5-7-12)13(8-10-21(16,17)18)20-14-3-1-2-9-19-14/h4-7,13-15H,1-3,8-10H2,(H,16,17,18). The van der Waals surface area contributed by atoms with Gasteiger partial charge in [-0.2, -0.15) is 8.42 Å². The van der Waals surface area contributed by atoms with Crippen LogP contribution in [0, 0.1) is 0 Å². The summed E-state index contributed by atoms with van der Waals surface area (Å²) in [6.07, 6.45) is 2.03. The topological polar surface area (TPSA) is 93.1 Å². The summed E-state index contributed by atoms with van der Waals surface area (Å²) in [7, 11) is -4.05. The minimum atomic E-state index is -4.05. The molecule has 7 heteroatoms. The van der Waals surface area contributed by atoms with E-state index in [0.29, 0.717) is 6.61 Å². The monoisotopic (exact) mass is 316 g/mol. The Morgan fingerprint density at radius 2 is 2.00 bits per heavy atom. The predicted molar refractivity (Wildman–Crippen MR) is 76.6 cm³/mol. The maximum Gasteiger partial charge on any atom is 0.264 e. The third-order valence-corrected chi connectivity index (χ3v) is 4.11. The summed E-state index contributed by atoms with van der Waals surface area (Å²) in [5, 5.41) is 9.32. The third-order valence-electron chi connectivity index (χ3n) is 3.36. The summed E-state index contributed by atoms with van der Waals surface area (Å²) in [4.78, 5) is 0. The Bertz CT molecular complexity index is 533. The largest absolute Gasteiger partial charge is 0.508 e. The van der Waals surface area contributed by atoms with Crippen molar-refractivity contribution in [3.63, 3.8) is 0 Å². The van der Waals surface area contributed by atoms with Crippen LogP contribution in [0.25, 0.3) is 0 Å². The zero-order chi connectivity index (χ0) is 15.3. The van der Waals surface area contributed by atoms with Crippen molar-refractivity contribution in [1.82, 2.24) is 0 Å². The highest BCUT2D eigenvalue weighted by Gasteiger charge is 2.22. The Morgan fingerprint density at radius 1 is 1.29 bits per heavy atom. The molecule has 0 saturated carbocycles. The number of benzene rings is 1. The van der Waals surface area contributed by atoms with E-state index in [0.717, 1.165) is 24.8 Å². The van der Waals surface area contributed by atoms with E-state index in [-0.39, 0.29) is 24.2 Å². The van der Waals surface area contributed by atoms with E-state index in [1.54, 1.807) is 12.1 Å². The highest BCUT2D eigenvalue weighted by molar-refractivity contribution is 7.85. The van der Waals surface area contributed by atoms with Crippen LogP contribution < -0.4 is 0 Å². The number of phenolic OH excluding ortho intramolecular Hbond substituents is 1. The second kappa shape index (κ2) is 7.22. The van der Waals surface area contributed by atoms with Crippen molar-refractivity contribution < 1.29 is 27.6 Å². The van der Waals surface area contributed by atoms with Crippen LogP contribution in [0.15, 0.2) is 24.3 Å². The van der Waals surface area contributed by atoms with Gasteiger partial charge in [0.2, 0.25) is 0 Å². The SMILES string of the molecule is O=S(=O)(O)CCC(OC1CCCCO1)c1ccc(O)cc1. The van der Waals surface area contributed by atoms with Crippen molar-refractivity contribution in [1.29, 1.82) is 0 Å². The lowest BCUT2D eigenvalue weighted by Crippen LogP contribution is -2.25. The second-order valence-electron chi connectivity index (χ2n) is 5.09. The lowest BCUT2D eigenvalue weighted by atomic mass is 10.1. The molecule has 1 aliphatic heterocycles. The number of aromatic hydroxyl groups is 1. The Labute approximate surface area is 124 Å². The quantitative estimate of drug-likeness (QED) is 0.782. The maximum absolute atomic E-state index is 10.9. The molecular weight excluding hydrogens is 296 g/mol. The van der Waals surface area contributed by atoms with E-state index < -0.39 is 16.2 Å². The van der Waals surface area contributed by atoms with Gasteiger partial charge in [0.25, 0.3) is 10.1 Å². The van der Waals surface area contributed by atoms with E-state index in [4.69, 9.17) is 14.0 Å². The molecule has 1 saturated heterocycles. The van der Waals surface area contributed by atoms with Gasteiger partial charge in [0.1, 0.15) is 5.75 Å². The molecule has 2 rings (SSSR count). The summed E-state index contributed by atoms with van der Waals surface area (Å²) >= 11 is 0. The lowest BCUT2D eigenvalue weighted by Gasteiger charge is -2.28. The fourth-order valence-electron chi connectivity index (χ4n) is 2.26. The van der Waals surface area contributed by atoms with Crippen molar-refractivity contribution in [2.24, 2.45) is 0 Å². The van der Waals surface area contributed by atoms with Gasteiger partial charge in [-0.15, -0.1) is 0 Å². The van der Waals surface area contributed by atoms with Crippen molar-refractivity contribution >= 4 is 10.1 Å². The maximum atomic E-state index is 10.9. The van der Waals surface area contributed by atoms with Gasteiger partial charge in [0.05, 0.1) is 11.9 Å². The zero-order valence-electron chi connectivity index (χ0n) is 11.6. The molecular formula is C14H20O6S. The van der Waals surface area contributed by atoms with Gasteiger partial charge in [-0.25, -0.2) is 0 Å². The first-order valence-electron chi connectivity index (χ1n) is 6.95. The molecule has 2 atom stereocenters. The van der Waals surface area contributed by atoms with Crippen LogP contribution in [0.1, 0.15) is 37.4 Å². The number of ether oxygens (including phenoxy) is 2. The first-order chi connectivity index (χ1) is 9.94. The molecule has 0 aliphatic carbocycles. The van der Waals surface area contributed by atoms with Gasteiger partial charge in [-0.3, -0.25) is 4.55 Å². The van der Waals surface area contributed by atoms with Crippen LogP contribution in [0.5, 0.6) is 5.75 Å². The Kier molecular flexibility index (Phi) is 5.58. The summed E-state index contributed by atoms with van der Waals surface area (Å²) < 4.78 is 42.1. The molecule has 1 aromatic rings. The average molecular weight is 316 g/mol. The smallest absolute Gasteiger partial charge is 0.264 e. The Balaban J connectivity index is 2.06. The summed E-state index contributed by atoms with van der Waals surface area (Å²) in [6, 6.07) is 6.38. The summed E-state index contributed by atoms with van der Waals surface area (Å²) in [5.41, 5.74) is 0.741. The number of hydrogen-bond donors (Lipinski definition) is 2. The molecule has 1 aliphatic rings. The molecule has 118 valence electrons. The van der Waals surface area contributed by atoms with E-state index in [1.165, 1.54) is 12.1 Å². The van der Waals surface area contributed by atoms with Crippen molar-refractivity contribution in [3.05, 3.63) is 29.8 Å². The predicted octanol–water partition coefficient (Wildman–Crippen LogP) is 2.25. The number of hydrogen-bond acceptors (Lipinski definition) is 5. The number of phenols is 1. The van der Waals surface area contributed by atoms with Gasteiger partial charge in [0, 0.05) is 6.61 Å². The highest BCUT2D eigenvalue weighted by atomic mass is 32.2. The third kappa shape index (κ3) is 5.62. The highest BCUT2D eigenvalue weighted by Crippen LogP contribution is 2.28. The normalized spacial score (nSPS) is 21.1. The second-order valence-corrected chi connectivity index (χ2v) is 6.66. The molecule has 1 fully saturated rings. The van der Waals surface area contributed by atoms with Crippen LogP contribution in [0.4, 0.5) is 0 Å². The Morgan fingerprint density at radius 3 is 2.57 bits per heavy atom. The Hall–Kier alpha value is -1.15. The van der Waals surface area contributed by atoms with E-state index in [2.05, 4.69) is 0 Å². The molecule has 0 amide bonds. The van der Waals surface area contributed by atoms with Crippen LogP contribution in [-0.4, -0.2) is 36.7 Å². The first-order valence-corrected chi connectivity index (χ1v) is 8.56. The van der Waals surface area contributed by atoms with Crippen molar-refractivity contribution in [2.45, 2.75) is 38.1 Å². The van der Waals surface area contributed by atoms with Crippen LogP contribution in [0.2, 0.25) is 0 Å². The van der Waals surface area contributed by atoms with E-state index in [1.807, 2.05) is 0 Å². The molecule has 0 aromatic heterocycles. The molecule has 0 bridgehead atoms. The first kappa shape index (κ1) is 16.2. The molecule has 21 heavy (non-hydrogen) atoms. The van der Waals surface area contributed by atoms with Gasteiger partial charge in [-0.05, 0) is 43.4 Å². The minimum Gasteiger partial charge on any atom is -0.508 e. The van der Waals surface area contributed by atoms with Crippen LogP contribution >= 0.6 is 0 Å². The van der Waals surface area contributed by atoms with Gasteiger partial charge >= 0.3 is 0 Å². The van der Waals surface area contributed by atoms with Gasteiger partial charge in [0.15, 0.2) is 6.29 Å². The van der Waals surface area contributed by atoms with E-state index in [9.17, 15) is 13.5 Å². The van der Waals surface area contributed by atoms with Gasteiger partial charge in [-0.1, -0.05) is 12.1 Å². The summed E-state index contributed by atoms with van der Waals surface area (Å²) in [6.45, 7) is 0.630. The van der Waals surface area contributed by atoms with Crippen molar-refractivity contribution in [2.75, 3.05) is 12.4 Å². The fraction of sp³-hybridized carbons (Fsp3) is 0.571. The molecule has 0 spiro atoms. The molecule has 2 N–H and O–H groups in total. The lowest BCUT2D eigenvalue weighted by molar-refractivity contribution is -0.190. The molecule has 6 nitrogen and oxygen atoms in total. The van der Waals surface area contributed by atoms with Crippen molar-refractivity contribution in [3.8, 4) is 5.75 Å². The molecule has 2 unspecified atom stereocenters. The fourth-order valence-corrected chi connectivity index (χ4v) is 2.77. The average Bonchev–Trinajstić information content (AvgIpc) is 2.45.